The van der Waals surface area contributed by atoms with Gasteiger partial charge in [0, 0.05) is 37.0 Å². The van der Waals surface area contributed by atoms with Crippen LogP contribution in [0.3, 0.4) is 0 Å². The molecule has 0 saturated heterocycles. The van der Waals surface area contributed by atoms with Crippen LogP contribution in [0.4, 0.5) is 0 Å². The number of fused-ring (bicyclic) bond motifs is 1. The lowest BCUT2D eigenvalue weighted by molar-refractivity contribution is 0.0656. The van der Waals surface area contributed by atoms with Crippen molar-refractivity contribution in [3.63, 3.8) is 0 Å². The number of aromatic nitrogens is 2. The van der Waals surface area contributed by atoms with Gasteiger partial charge >= 0.3 is 0 Å². The average Bonchev–Trinajstić information content (AvgIpc) is 3.34. The summed E-state index contributed by atoms with van der Waals surface area (Å²) in [6, 6.07) is 14.3. The topological polar surface area (TPSA) is 95.2 Å². The maximum Gasteiger partial charge on any atom is 0.261 e. The minimum Gasteiger partial charge on any atom is -0.352 e. The molecule has 0 aliphatic carbocycles. The minimum absolute atomic E-state index is 0.282. The van der Waals surface area contributed by atoms with Crippen molar-refractivity contribution in [3.8, 4) is 0 Å². The lowest BCUT2D eigenvalue weighted by atomic mass is 10.1. The molecule has 0 spiro atoms. The standard InChI is InChI=1S/C22H20N4O3/c27-20(24-10-8-17-13-23-14-25-17)16-6-7-18-19(12-16)22(29)26(21(18)28)11-9-15-4-2-1-3-5-15/h1-7,12-14H,8-11H2,(H,23,25)(H,24,27). The van der Waals surface area contributed by atoms with Crippen molar-refractivity contribution in [1.82, 2.24) is 20.2 Å². The van der Waals surface area contributed by atoms with E-state index < -0.39 is 0 Å². The molecule has 2 N–H and O–H groups in total. The highest BCUT2D eigenvalue weighted by Gasteiger charge is 2.35. The molecule has 0 bridgehead atoms. The number of aromatic amines is 1. The van der Waals surface area contributed by atoms with Crippen molar-refractivity contribution in [2.24, 2.45) is 0 Å². The van der Waals surface area contributed by atoms with Gasteiger partial charge in [0.25, 0.3) is 17.7 Å². The predicted molar refractivity (Wildman–Crippen MR) is 107 cm³/mol. The van der Waals surface area contributed by atoms with Crippen LogP contribution in [0.2, 0.25) is 0 Å². The number of H-pyrrole nitrogens is 1. The van der Waals surface area contributed by atoms with Gasteiger partial charge in [0.1, 0.15) is 0 Å². The smallest absolute Gasteiger partial charge is 0.261 e. The lowest BCUT2D eigenvalue weighted by Crippen LogP contribution is -2.31. The largest absolute Gasteiger partial charge is 0.352 e. The fourth-order valence-corrected chi connectivity index (χ4v) is 3.35. The summed E-state index contributed by atoms with van der Waals surface area (Å²) < 4.78 is 0. The monoisotopic (exact) mass is 388 g/mol. The molecule has 4 rings (SSSR count). The molecule has 146 valence electrons. The summed E-state index contributed by atoms with van der Waals surface area (Å²) in [5.41, 5.74) is 2.97. The van der Waals surface area contributed by atoms with Gasteiger partial charge in [-0.2, -0.15) is 0 Å². The third kappa shape index (κ3) is 3.94. The number of benzene rings is 2. The number of amides is 3. The molecule has 7 nitrogen and oxygen atoms in total. The second-order valence-corrected chi connectivity index (χ2v) is 6.84. The van der Waals surface area contributed by atoms with E-state index in [2.05, 4.69) is 15.3 Å². The highest BCUT2D eigenvalue weighted by atomic mass is 16.2. The van der Waals surface area contributed by atoms with E-state index in [1.807, 2.05) is 30.3 Å². The average molecular weight is 388 g/mol. The van der Waals surface area contributed by atoms with Crippen LogP contribution < -0.4 is 5.32 Å². The molecule has 29 heavy (non-hydrogen) atoms. The molecule has 1 aliphatic heterocycles. The number of hydrogen-bond acceptors (Lipinski definition) is 4. The minimum atomic E-state index is -0.354. The molecule has 0 saturated carbocycles. The molecule has 0 radical (unpaired) electrons. The summed E-state index contributed by atoms with van der Waals surface area (Å²) in [6.45, 7) is 0.746. The van der Waals surface area contributed by atoms with E-state index in [0.717, 1.165) is 11.3 Å². The number of rotatable bonds is 7. The van der Waals surface area contributed by atoms with Crippen molar-refractivity contribution in [1.29, 1.82) is 0 Å². The van der Waals surface area contributed by atoms with Crippen molar-refractivity contribution in [3.05, 3.63) is 89.0 Å². The van der Waals surface area contributed by atoms with Gasteiger partial charge in [-0.3, -0.25) is 19.3 Å². The van der Waals surface area contributed by atoms with Gasteiger partial charge in [0.05, 0.1) is 17.5 Å². The first-order chi connectivity index (χ1) is 14.1. The Morgan fingerprint density at radius 2 is 1.79 bits per heavy atom. The Morgan fingerprint density at radius 1 is 1.00 bits per heavy atom. The van der Waals surface area contributed by atoms with E-state index in [9.17, 15) is 14.4 Å². The number of nitrogens with zero attached hydrogens (tertiary/aromatic N) is 2. The number of nitrogens with one attached hydrogen (secondary N) is 2. The first-order valence-electron chi connectivity index (χ1n) is 9.43. The number of imidazole rings is 1. The van der Waals surface area contributed by atoms with Gasteiger partial charge in [-0.05, 0) is 30.2 Å². The zero-order valence-electron chi connectivity index (χ0n) is 15.7. The lowest BCUT2D eigenvalue weighted by Gasteiger charge is -2.13. The molecule has 7 heteroatoms. The third-order valence-electron chi connectivity index (χ3n) is 4.93. The highest BCUT2D eigenvalue weighted by molar-refractivity contribution is 6.22. The quantitative estimate of drug-likeness (QED) is 0.607. The van der Waals surface area contributed by atoms with Gasteiger partial charge in [0.2, 0.25) is 0 Å². The zero-order chi connectivity index (χ0) is 20.2. The Morgan fingerprint density at radius 3 is 2.55 bits per heavy atom. The Labute approximate surface area is 167 Å². The molecular formula is C22H20N4O3. The van der Waals surface area contributed by atoms with Crippen LogP contribution in [0, 0.1) is 0 Å². The van der Waals surface area contributed by atoms with Crippen LogP contribution in [0.1, 0.15) is 42.3 Å². The highest BCUT2D eigenvalue weighted by Crippen LogP contribution is 2.24. The van der Waals surface area contributed by atoms with E-state index in [4.69, 9.17) is 0 Å². The summed E-state index contributed by atoms with van der Waals surface area (Å²) >= 11 is 0. The summed E-state index contributed by atoms with van der Waals surface area (Å²) in [7, 11) is 0. The first kappa shape index (κ1) is 18.6. The second-order valence-electron chi connectivity index (χ2n) is 6.84. The Balaban J connectivity index is 1.41. The molecule has 0 atom stereocenters. The third-order valence-corrected chi connectivity index (χ3v) is 4.93. The number of imide groups is 1. The molecule has 3 amide bonds. The van der Waals surface area contributed by atoms with Gasteiger partial charge in [-0.25, -0.2) is 4.98 Å². The first-order valence-corrected chi connectivity index (χ1v) is 9.43. The molecule has 0 fully saturated rings. The molecule has 1 aromatic heterocycles. The fourth-order valence-electron chi connectivity index (χ4n) is 3.35. The van der Waals surface area contributed by atoms with Crippen molar-refractivity contribution >= 4 is 17.7 Å². The van der Waals surface area contributed by atoms with Crippen LogP contribution in [0.15, 0.2) is 61.1 Å². The van der Waals surface area contributed by atoms with Crippen LogP contribution in [0.5, 0.6) is 0 Å². The van der Waals surface area contributed by atoms with Gasteiger partial charge in [-0.1, -0.05) is 30.3 Å². The van der Waals surface area contributed by atoms with Gasteiger partial charge in [0.15, 0.2) is 0 Å². The number of hydrogen-bond donors (Lipinski definition) is 2. The van der Waals surface area contributed by atoms with Crippen LogP contribution in [-0.4, -0.2) is 45.7 Å². The Kier molecular flexibility index (Phi) is 5.20. The van der Waals surface area contributed by atoms with Crippen LogP contribution in [-0.2, 0) is 12.8 Å². The maximum absolute atomic E-state index is 12.7. The van der Waals surface area contributed by atoms with E-state index in [1.54, 1.807) is 24.7 Å². The summed E-state index contributed by atoms with van der Waals surface area (Å²) in [5, 5.41) is 2.82. The van der Waals surface area contributed by atoms with E-state index >= 15 is 0 Å². The van der Waals surface area contributed by atoms with E-state index in [-0.39, 0.29) is 23.3 Å². The molecular weight excluding hydrogens is 368 g/mol. The van der Waals surface area contributed by atoms with Gasteiger partial charge < -0.3 is 10.3 Å². The molecule has 3 aromatic rings. The van der Waals surface area contributed by atoms with E-state index in [0.29, 0.717) is 37.1 Å². The Hall–Kier alpha value is -3.74. The Bertz CT molecular complexity index is 1050. The summed E-state index contributed by atoms with van der Waals surface area (Å²) in [6.07, 6.45) is 4.51. The van der Waals surface area contributed by atoms with Gasteiger partial charge in [-0.15, -0.1) is 0 Å². The fraction of sp³-hybridized carbons (Fsp3) is 0.182. The van der Waals surface area contributed by atoms with Crippen molar-refractivity contribution in [2.45, 2.75) is 12.8 Å². The van der Waals surface area contributed by atoms with E-state index in [1.165, 1.54) is 11.0 Å². The maximum atomic E-state index is 12.7. The molecule has 0 unspecified atom stereocenters. The van der Waals surface area contributed by atoms with Crippen LogP contribution in [0.25, 0.3) is 0 Å². The number of carbonyl (C=O) groups excluding carboxylic acids is 3. The second kappa shape index (κ2) is 8.10. The zero-order valence-corrected chi connectivity index (χ0v) is 15.7. The normalized spacial score (nSPS) is 12.9. The van der Waals surface area contributed by atoms with Crippen LogP contribution >= 0.6 is 0 Å². The molecule has 2 heterocycles. The molecule has 1 aliphatic rings. The predicted octanol–water partition coefficient (Wildman–Crippen LogP) is 2.22. The summed E-state index contributed by atoms with van der Waals surface area (Å²) in [4.78, 5) is 45.9. The van der Waals surface area contributed by atoms with Crippen molar-refractivity contribution in [2.75, 3.05) is 13.1 Å². The summed E-state index contributed by atoms with van der Waals surface area (Å²) in [5.74, 6) is -0.949. The van der Waals surface area contributed by atoms with Crippen molar-refractivity contribution < 1.29 is 14.4 Å². The SMILES string of the molecule is O=C(NCCc1cnc[nH]1)c1ccc2c(c1)C(=O)N(CCc1ccccc1)C2=O. The number of carbonyl (C=O) groups is 3. The molecule has 2 aromatic carbocycles.